The topological polar surface area (TPSA) is 79.2 Å². The maximum atomic E-state index is 12.3. The van der Waals surface area contributed by atoms with Gasteiger partial charge in [0.1, 0.15) is 0 Å². The van der Waals surface area contributed by atoms with E-state index in [1.54, 1.807) is 11.0 Å². The molecular formula is C13H19N3O2. The molecule has 98 valence electrons. The summed E-state index contributed by atoms with van der Waals surface area (Å²) in [4.78, 5) is 28.2. The molecule has 0 bridgehead atoms. The van der Waals surface area contributed by atoms with Crippen molar-refractivity contribution in [1.29, 1.82) is 0 Å². The number of likely N-dealkylation sites (tertiary alicyclic amines) is 1. The second-order valence-electron chi connectivity index (χ2n) is 4.77. The van der Waals surface area contributed by atoms with E-state index in [0.717, 1.165) is 25.1 Å². The number of aromatic nitrogens is 1. The maximum Gasteiger partial charge on any atom is 0.254 e. The molecule has 0 saturated carbocycles. The number of hydrogen-bond acceptors (Lipinski definition) is 3. The Morgan fingerprint density at radius 2 is 2.33 bits per heavy atom. The number of amides is 1. The molecule has 0 unspecified atom stereocenters. The number of rotatable bonds is 2. The number of aromatic amines is 1. The molecular weight excluding hydrogens is 230 g/mol. The van der Waals surface area contributed by atoms with E-state index in [-0.39, 0.29) is 17.5 Å². The summed E-state index contributed by atoms with van der Waals surface area (Å²) >= 11 is 0. The summed E-state index contributed by atoms with van der Waals surface area (Å²) in [6.07, 6.45) is 2.59. The molecule has 1 saturated heterocycles. The number of nitrogens with two attached hydrogens (primary N) is 1. The molecule has 2 heterocycles. The minimum Gasteiger partial charge on any atom is -0.337 e. The lowest BCUT2D eigenvalue weighted by Crippen LogP contribution is -2.45. The highest BCUT2D eigenvalue weighted by atomic mass is 16.2. The van der Waals surface area contributed by atoms with Crippen molar-refractivity contribution in [3.63, 3.8) is 0 Å². The van der Waals surface area contributed by atoms with E-state index in [1.165, 1.54) is 6.07 Å². The Morgan fingerprint density at radius 3 is 3.00 bits per heavy atom. The molecule has 2 rings (SSSR count). The van der Waals surface area contributed by atoms with Crippen LogP contribution in [0.1, 0.15) is 35.8 Å². The number of nitrogens with zero attached hydrogens (tertiary/aromatic N) is 1. The van der Waals surface area contributed by atoms with Crippen molar-refractivity contribution < 1.29 is 4.79 Å². The van der Waals surface area contributed by atoms with Crippen LogP contribution in [-0.4, -0.2) is 34.9 Å². The van der Waals surface area contributed by atoms with E-state index < -0.39 is 0 Å². The summed E-state index contributed by atoms with van der Waals surface area (Å²) in [6.45, 7) is 3.24. The molecule has 0 aromatic carbocycles. The molecule has 1 aromatic rings. The molecule has 5 heteroatoms. The van der Waals surface area contributed by atoms with Crippen LogP contribution < -0.4 is 11.3 Å². The number of carbonyl (C=O) groups excluding carboxylic acids is 1. The molecule has 1 aliphatic rings. The molecule has 1 aromatic heterocycles. The van der Waals surface area contributed by atoms with Crippen LogP contribution in [0.15, 0.2) is 16.9 Å². The van der Waals surface area contributed by atoms with Gasteiger partial charge in [-0.2, -0.15) is 0 Å². The molecule has 0 radical (unpaired) electrons. The predicted molar refractivity (Wildman–Crippen MR) is 69.6 cm³/mol. The van der Waals surface area contributed by atoms with Gasteiger partial charge in [-0.3, -0.25) is 9.59 Å². The van der Waals surface area contributed by atoms with Gasteiger partial charge in [-0.05, 0) is 25.3 Å². The number of carbonyl (C=O) groups is 1. The molecule has 0 aliphatic carbocycles. The zero-order valence-corrected chi connectivity index (χ0v) is 10.6. The largest absolute Gasteiger partial charge is 0.337 e. The third-order valence-corrected chi connectivity index (χ3v) is 3.27. The zero-order valence-electron chi connectivity index (χ0n) is 10.6. The van der Waals surface area contributed by atoms with Crippen LogP contribution in [0, 0.1) is 0 Å². The van der Waals surface area contributed by atoms with Gasteiger partial charge in [0, 0.05) is 36.5 Å². The van der Waals surface area contributed by atoms with E-state index >= 15 is 0 Å². The minimum atomic E-state index is -0.223. The van der Waals surface area contributed by atoms with Crippen molar-refractivity contribution in [3.05, 3.63) is 33.7 Å². The fourth-order valence-corrected chi connectivity index (χ4v) is 2.29. The Labute approximate surface area is 106 Å². The van der Waals surface area contributed by atoms with Crippen molar-refractivity contribution in [2.24, 2.45) is 5.73 Å². The molecule has 5 nitrogen and oxygen atoms in total. The number of piperidine rings is 1. The molecule has 1 aliphatic heterocycles. The fraction of sp³-hybridized carbons (Fsp3) is 0.538. The number of H-pyrrole nitrogens is 1. The normalized spacial score (nSPS) is 19.9. The Morgan fingerprint density at radius 1 is 1.56 bits per heavy atom. The van der Waals surface area contributed by atoms with E-state index in [4.69, 9.17) is 5.73 Å². The maximum absolute atomic E-state index is 12.3. The Balaban J connectivity index is 2.22. The predicted octanol–water partition coefficient (Wildman–Crippen LogP) is 0.501. The summed E-state index contributed by atoms with van der Waals surface area (Å²) < 4.78 is 0. The standard InChI is InChI=1S/C13H19N3O2/c1-2-11-6-9(7-12(17)15-11)13(18)16-5-3-4-10(14)8-16/h6-7,10H,2-5,8,14H2,1H3,(H,15,17)/t10-/m0/s1. The van der Waals surface area contributed by atoms with Gasteiger partial charge in [-0.15, -0.1) is 0 Å². The number of pyridine rings is 1. The summed E-state index contributed by atoms with van der Waals surface area (Å²) in [6, 6.07) is 3.17. The highest BCUT2D eigenvalue weighted by Crippen LogP contribution is 2.12. The Kier molecular flexibility index (Phi) is 3.81. The summed E-state index contributed by atoms with van der Waals surface area (Å²) in [5.74, 6) is -0.0917. The van der Waals surface area contributed by atoms with Gasteiger partial charge in [0.25, 0.3) is 5.91 Å². The highest BCUT2D eigenvalue weighted by Gasteiger charge is 2.22. The average Bonchev–Trinajstić information content (AvgIpc) is 2.37. The lowest BCUT2D eigenvalue weighted by Gasteiger charge is -2.30. The van der Waals surface area contributed by atoms with Crippen LogP contribution >= 0.6 is 0 Å². The van der Waals surface area contributed by atoms with Crippen molar-refractivity contribution in [2.75, 3.05) is 13.1 Å². The number of nitrogens with one attached hydrogen (secondary N) is 1. The van der Waals surface area contributed by atoms with Crippen LogP contribution in [0.3, 0.4) is 0 Å². The van der Waals surface area contributed by atoms with E-state index in [2.05, 4.69) is 4.98 Å². The van der Waals surface area contributed by atoms with Gasteiger partial charge in [0.2, 0.25) is 5.56 Å². The smallest absolute Gasteiger partial charge is 0.254 e. The molecule has 1 atom stereocenters. The van der Waals surface area contributed by atoms with Crippen LogP contribution in [0.2, 0.25) is 0 Å². The Bertz CT molecular complexity index is 495. The first-order chi connectivity index (χ1) is 8.60. The quantitative estimate of drug-likeness (QED) is 0.801. The second kappa shape index (κ2) is 5.35. The van der Waals surface area contributed by atoms with Crippen molar-refractivity contribution >= 4 is 5.91 Å². The monoisotopic (exact) mass is 249 g/mol. The third-order valence-electron chi connectivity index (χ3n) is 3.27. The van der Waals surface area contributed by atoms with Gasteiger partial charge in [0.05, 0.1) is 0 Å². The van der Waals surface area contributed by atoms with Crippen LogP contribution in [0.4, 0.5) is 0 Å². The summed E-state index contributed by atoms with van der Waals surface area (Å²) in [5.41, 5.74) is 6.89. The summed E-state index contributed by atoms with van der Waals surface area (Å²) in [5, 5.41) is 0. The van der Waals surface area contributed by atoms with E-state index in [1.807, 2.05) is 6.92 Å². The van der Waals surface area contributed by atoms with E-state index in [0.29, 0.717) is 18.5 Å². The van der Waals surface area contributed by atoms with Crippen LogP contribution in [0.25, 0.3) is 0 Å². The van der Waals surface area contributed by atoms with Gasteiger partial charge in [-0.25, -0.2) is 0 Å². The molecule has 1 amide bonds. The fourth-order valence-electron chi connectivity index (χ4n) is 2.29. The van der Waals surface area contributed by atoms with Crippen LogP contribution in [-0.2, 0) is 6.42 Å². The first kappa shape index (κ1) is 12.8. The van der Waals surface area contributed by atoms with Gasteiger partial charge < -0.3 is 15.6 Å². The molecule has 3 N–H and O–H groups in total. The number of hydrogen-bond donors (Lipinski definition) is 2. The average molecular weight is 249 g/mol. The van der Waals surface area contributed by atoms with Crippen LogP contribution in [0.5, 0.6) is 0 Å². The first-order valence-electron chi connectivity index (χ1n) is 6.38. The second-order valence-corrected chi connectivity index (χ2v) is 4.77. The van der Waals surface area contributed by atoms with Crippen molar-refractivity contribution in [1.82, 2.24) is 9.88 Å². The molecule has 0 spiro atoms. The van der Waals surface area contributed by atoms with Crippen molar-refractivity contribution in [2.45, 2.75) is 32.2 Å². The van der Waals surface area contributed by atoms with Gasteiger partial charge in [-0.1, -0.05) is 6.92 Å². The third kappa shape index (κ3) is 2.79. The van der Waals surface area contributed by atoms with Gasteiger partial charge >= 0.3 is 0 Å². The van der Waals surface area contributed by atoms with Crippen molar-refractivity contribution in [3.8, 4) is 0 Å². The molecule has 18 heavy (non-hydrogen) atoms. The molecule has 1 fully saturated rings. The minimum absolute atomic E-state index is 0.0512. The van der Waals surface area contributed by atoms with E-state index in [9.17, 15) is 9.59 Å². The lowest BCUT2D eigenvalue weighted by molar-refractivity contribution is 0.0708. The Hall–Kier alpha value is -1.62. The highest BCUT2D eigenvalue weighted by molar-refractivity contribution is 5.94. The van der Waals surface area contributed by atoms with Gasteiger partial charge in [0.15, 0.2) is 0 Å². The summed E-state index contributed by atoms with van der Waals surface area (Å²) in [7, 11) is 0. The zero-order chi connectivity index (χ0) is 13.1. The lowest BCUT2D eigenvalue weighted by atomic mass is 10.1. The first-order valence-corrected chi connectivity index (χ1v) is 6.38. The number of aryl methyl sites for hydroxylation is 1. The SMILES string of the molecule is CCc1cc(C(=O)N2CCC[C@H](N)C2)cc(=O)[nH]1.